The molecule has 4 heteroatoms. The van der Waals surface area contributed by atoms with Gasteiger partial charge in [0.25, 0.3) is 0 Å². The van der Waals surface area contributed by atoms with Crippen molar-refractivity contribution >= 4 is 50.9 Å². The largest absolute Gasteiger partial charge is 0.124 e. The minimum Gasteiger partial charge on any atom is -0.124 e. The number of hydrogen-bond donors (Lipinski definition) is 0. The molecule has 1 aromatic carbocycles. The van der Waals surface area contributed by atoms with Gasteiger partial charge in [0.05, 0.1) is 10.0 Å². The topological polar surface area (TPSA) is 0 Å². The lowest BCUT2D eigenvalue weighted by Gasteiger charge is -2.02. The summed E-state index contributed by atoms with van der Waals surface area (Å²) in [6.07, 6.45) is 0. The Bertz CT molecular complexity index is 265. The summed E-state index contributed by atoms with van der Waals surface area (Å²) in [6.45, 7) is 0. The zero-order valence-corrected chi connectivity index (χ0v) is 10.1. The molecule has 0 amide bonds. The van der Waals surface area contributed by atoms with Crippen LogP contribution < -0.4 is 0 Å². The number of benzene rings is 1. The van der Waals surface area contributed by atoms with Crippen molar-refractivity contribution in [1.82, 2.24) is 0 Å². The maximum Gasteiger partial charge on any atom is 0.0728 e. The van der Waals surface area contributed by atoms with E-state index in [0.29, 0.717) is 10.0 Å². The first-order chi connectivity index (χ1) is 5.75. The first kappa shape index (κ1) is 10.7. The molecule has 0 N–H and O–H groups in total. The molecular weight excluding hydrogens is 279 g/mol. The van der Waals surface area contributed by atoms with Crippen LogP contribution in [0.1, 0.15) is 0 Å². The molecule has 12 heavy (non-hydrogen) atoms. The highest BCUT2D eigenvalue weighted by Gasteiger charge is 2.03. The Balaban J connectivity index is 2.78. The van der Waals surface area contributed by atoms with E-state index in [1.165, 1.54) is 0 Å². The van der Waals surface area contributed by atoms with Gasteiger partial charge < -0.3 is 0 Å². The van der Waals surface area contributed by atoms with E-state index in [9.17, 15) is 0 Å². The van der Waals surface area contributed by atoms with Crippen LogP contribution in [0.5, 0.6) is 0 Å². The first-order valence-electron chi connectivity index (χ1n) is 3.38. The maximum absolute atomic E-state index is 5.96. The van der Waals surface area contributed by atoms with Crippen LogP contribution in [0, 0.1) is 0 Å². The molecule has 66 valence electrons. The third-order valence-electron chi connectivity index (χ3n) is 1.25. The second-order valence-corrected chi connectivity index (χ2v) is 4.80. The number of rotatable bonds is 3. The minimum atomic E-state index is 0.622. The molecule has 0 saturated heterocycles. The second-order valence-electron chi connectivity index (χ2n) is 2.09. The number of halogens is 3. The number of thioether (sulfide) groups is 1. The highest BCUT2D eigenvalue weighted by atomic mass is 79.9. The first-order valence-corrected chi connectivity index (χ1v) is 6.25. The van der Waals surface area contributed by atoms with E-state index in [1.54, 1.807) is 17.8 Å². The van der Waals surface area contributed by atoms with Crippen molar-refractivity contribution in [3.63, 3.8) is 0 Å². The average molecular weight is 286 g/mol. The zero-order valence-electron chi connectivity index (χ0n) is 6.19. The fourth-order valence-electron chi connectivity index (χ4n) is 0.744. The molecular formula is C8H7BrCl2S. The zero-order chi connectivity index (χ0) is 8.97. The molecule has 0 aliphatic carbocycles. The third-order valence-corrected chi connectivity index (χ3v) is 4.16. The summed E-state index contributed by atoms with van der Waals surface area (Å²) in [6, 6.07) is 5.68. The van der Waals surface area contributed by atoms with E-state index < -0.39 is 0 Å². The summed E-state index contributed by atoms with van der Waals surface area (Å²) in [7, 11) is 0. The molecule has 0 aliphatic rings. The molecule has 0 spiro atoms. The molecule has 0 unspecified atom stereocenters. The van der Waals surface area contributed by atoms with Gasteiger partial charge in [0, 0.05) is 16.0 Å². The molecule has 0 fully saturated rings. The maximum atomic E-state index is 5.96. The highest BCUT2D eigenvalue weighted by molar-refractivity contribution is 9.09. The van der Waals surface area contributed by atoms with Crippen LogP contribution in [-0.2, 0) is 0 Å². The molecule has 0 radical (unpaired) electrons. The average Bonchev–Trinajstić information content (AvgIpc) is 2.08. The lowest BCUT2D eigenvalue weighted by atomic mass is 10.4. The van der Waals surface area contributed by atoms with Gasteiger partial charge in [-0.3, -0.25) is 0 Å². The number of hydrogen-bond acceptors (Lipinski definition) is 1. The fraction of sp³-hybridized carbons (Fsp3) is 0.250. The predicted octanol–water partition coefficient (Wildman–Crippen LogP) is 4.48. The van der Waals surface area contributed by atoms with Gasteiger partial charge in [-0.15, -0.1) is 11.8 Å². The molecule has 0 saturated carbocycles. The lowest BCUT2D eigenvalue weighted by molar-refractivity contribution is 1.44. The molecule has 0 atom stereocenters. The molecule has 0 heterocycles. The van der Waals surface area contributed by atoms with Crippen LogP contribution in [0.3, 0.4) is 0 Å². The molecule has 0 bridgehead atoms. The summed E-state index contributed by atoms with van der Waals surface area (Å²) in [4.78, 5) is 1.05. The quantitative estimate of drug-likeness (QED) is 0.583. The summed E-state index contributed by atoms with van der Waals surface area (Å²) in [5.41, 5.74) is 0. The van der Waals surface area contributed by atoms with Crippen LogP contribution in [0.2, 0.25) is 10.0 Å². The van der Waals surface area contributed by atoms with E-state index in [4.69, 9.17) is 23.2 Å². The summed E-state index contributed by atoms with van der Waals surface area (Å²) < 4.78 is 0. The number of alkyl halides is 1. The predicted molar refractivity (Wildman–Crippen MR) is 61.0 cm³/mol. The Hall–Kier alpha value is 0.630. The van der Waals surface area contributed by atoms with E-state index in [0.717, 1.165) is 16.0 Å². The van der Waals surface area contributed by atoms with E-state index >= 15 is 0 Å². The van der Waals surface area contributed by atoms with Gasteiger partial charge in [-0.2, -0.15) is 0 Å². The molecule has 0 nitrogen and oxygen atoms in total. The van der Waals surface area contributed by atoms with Crippen LogP contribution >= 0.6 is 50.9 Å². The molecule has 0 aliphatic heterocycles. The van der Waals surface area contributed by atoms with E-state index in [2.05, 4.69) is 15.9 Å². The van der Waals surface area contributed by atoms with Gasteiger partial charge in [-0.1, -0.05) is 45.2 Å². The van der Waals surface area contributed by atoms with Crippen LogP contribution in [0.25, 0.3) is 0 Å². The van der Waals surface area contributed by atoms with Crippen molar-refractivity contribution in [2.24, 2.45) is 0 Å². The summed E-state index contributed by atoms with van der Waals surface area (Å²) in [5.74, 6) is 1.00. The highest BCUT2D eigenvalue weighted by Crippen LogP contribution is 2.32. The smallest absolute Gasteiger partial charge is 0.0728 e. The molecule has 0 aromatic heterocycles. The van der Waals surface area contributed by atoms with Gasteiger partial charge in [0.15, 0.2) is 0 Å². The van der Waals surface area contributed by atoms with E-state index in [1.807, 2.05) is 12.1 Å². The normalized spacial score (nSPS) is 10.2. The van der Waals surface area contributed by atoms with Gasteiger partial charge >= 0.3 is 0 Å². The second kappa shape index (κ2) is 5.38. The van der Waals surface area contributed by atoms with Crippen molar-refractivity contribution in [3.8, 4) is 0 Å². The lowest BCUT2D eigenvalue weighted by Crippen LogP contribution is -1.80. The fourth-order valence-corrected chi connectivity index (χ4v) is 2.46. The minimum absolute atomic E-state index is 0.622. The summed E-state index contributed by atoms with van der Waals surface area (Å²) >= 11 is 16.8. The van der Waals surface area contributed by atoms with Gasteiger partial charge in [-0.25, -0.2) is 0 Å². The Morgan fingerprint density at radius 3 is 2.75 bits per heavy atom. The van der Waals surface area contributed by atoms with Crippen molar-refractivity contribution in [3.05, 3.63) is 28.2 Å². The van der Waals surface area contributed by atoms with Crippen LogP contribution in [-0.4, -0.2) is 11.1 Å². The molecule has 1 aromatic rings. The Kier molecular flexibility index (Phi) is 4.80. The van der Waals surface area contributed by atoms with Crippen molar-refractivity contribution < 1.29 is 0 Å². The monoisotopic (exact) mass is 284 g/mol. The van der Waals surface area contributed by atoms with Crippen molar-refractivity contribution in [2.75, 3.05) is 11.1 Å². The Morgan fingerprint density at radius 1 is 1.33 bits per heavy atom. The van der Waals surface area contributed by atoms with Gasteiger partial charge in [0.2, 0.25) is 0 Å². The van der Waals surface area contributed by atoms with Crippen LogP contribution in [0.15, 0.2) is 23.1 Å². The van der Waals surface area contributed by atoms with Crippen molar-refractivity contribution in [1.29, 1.82) is 0 Å². The van der Waals surface area contributed by atoms with Crippen molar-refractivity contribution in [2.45, 2.75) is 4.90 Å². The Labute approximate surface area is 94.8 Å². The Morgan fingerprint density at radius 2 is 2.08 bits per heavy atom. The standard InChI is InChI=1S/C8H7BrCl2S/c9-4-5-12-7-3-1-2-6(10)8(7)11/h1-3H,4-5H2. The van der Waals surface area contributed by atoms with Gasteiger partial charge in [-0.05, 0) is 12.1 Å². The van der Waals surface area contributed by atoms with Crippen LogP contribution in [0.4, 0.5) is 0 Å². The van der Waals surface area contributed by atoms with Gasteiger partial charge in [0.1, 0.15) is 0 Å². The summed E-state index contributed by atoms with van der Waals surface area (Å²) in [5, 5.41) is 2.24. The molecule has 1 rings (SSSR count). The third kappa shape index (κ3) is 2.84. The van der Waals surface area contributed by atoms with E-state index in [-0.39, 0.29) is 0 Å². The SMILES string of the molecule is Clc1cccc(SCCBr)c1Cl.